The van der Waals surface area contributed by atoms with Crippen molar-refractivity contribution in [1.82, 2.24) is 5.32 Å². The zero-order valence-electron chi connectivity index (χ0n) is 15.1. The minimum atomic E-state index is -0.547. The summed E-state index contributed by atoms with van der Waals surface area (Å²) >= 11 is 0. The van der Waals surface area contributed by atoms with Crippen LogP contribution in [0.5, 0.6) is 17.2 Å². The molecule has 1 amide bonds. The third-order valence-corrected chi connectivity index (χ3v) is 3.98. The van der Waals surface area contributed by atoms with Gasteiger partial charge < -0.3 is 19.5 Å². The van der Waals surface area contributed by atoms with Gasteiger partial charge in [-0.1, -0.05) is 19.1 Å². The van der Waals surface area contributed by atoms with E-state index in [9.17, 15) is 4.79 Å². The summed E-state index contributed by atoms with van der Waals surface area (Å²) in [4.78, 5) is 12.5. The van der Waals surface area contributed by atoms with E-state index in [-0.39, 0.29) is 11.9 Å². The van der Waals surface area contributed by atoms with Gasteiger partial charge in [-0.25, -0.2) is 0 Å². The fraction of sp³-hybridized carbons (Fsp3) is 0.350. The Kier molecular flexibility index (Phi) is 6.69. The first-order valence-corrected chi connectivity index (χ1v) is 8.32. The molecular formula is C20H25NO4. The lowest BCUT2D eigenvalue weighted by Crippen LogP contribution is -2.39. The summed E-state index contributed by atoms with van der Waals surface area (Å²) in [6.45, 7) is 3.87. The van der Waals surface area contributed by atoms with E-state index in [1.54, 1.807) is 38.5 Å². The topological polar surface area (TPSA) is 56.8 Å². The minimum Gasteiger partial charge on any atom is -0.497 e. The zero-order valence-corrected chi connectivity index (χ0v) is 15.1. The normalized spacial score (nSPS) is 12.8. The number of hydrogen-bond acceptors (Lipinski definition) is 4. The van der Waals surface area contributed by atoms with Crippen molar-refractivity contribution in [3.05, 3.63) is 54.1 Å². The molecule has 2 aromatic carbocycles. The van der Waals surface area contributed by atoms with Crippen molar-refractivity contribution in [3.63, 3.8) is 0 Å². The fourth-order valence-corrected chi connectivity index (χ4v) is 2.42. The fourth-order valence-electron chi connectivity index (χ4n) is 2.42. The van der Waals surface area contributed by atoms with Gasteiger partial charge in [0.2, 0.25) is 0 Å². The molecule has 0 heterocycles. The molecule has 5 nitrogen and oxygen atoms in total. The molecule has 2 rings (SSSR count). The van der Waals surface area contributed by atoms with E-state index in [4.69, 9.17) is 14.2 Å². The minimum absolute atomic E-state index is 0.119. The van der Waals surface area contributed by atoms with Crippen LogP contribution in [0.2, 0.25) is 0 Å². The van der Waals surface area contributed by atoms with E-state index in [0.717, 1.165) is 17.1 Å². The van der Waals surface area contributed by atoms with Gasteiger partial charge in [0.05, 0.1) is 20.3 Å². The standard InChI is InChI=1S/C20H25NO4/c1-5-19(25-18-12-10-17(24-4)11-13-18)20(22)21-14(2)15-6-8-16(23-3)9-7-15/h6-14,19H,5H2,1-4H3,(H,21,22)/t14-,19-/m1/s1. The number of rotatable bonds is 8. The molecule has 0 aliphatic heterocycles. The van der Waals surface area contributed by atoms with Crippen LogP contribution in [-0.4, -0.2) is 26.2 Å². The highest BCUT2D eigenvalue weighted by Crippen LogP contribution is 2.20. The number of methoxy groups -OCH3 is 2. The second kappa shape index (κ2) is 8.97. The molecule has 0 saturated carbocycles. The molecule has 0 bridgehead atoms. The average Bonchev–Trinajstić information content (AvgIpc) is 2.66. The predicted octanol–water partition coefficient (Wildman–Crippen LogP) is 3.74. The van der Waals surface area contributed by atoms with Crippen LogP contribution in [0.3, 0.4) is 0 Å². The number of ether oxygens (including phenoxy) is 3. The van der Waals surface area contributed by atoms with Gasteiger partial charge in [0.1, 0.15) is 17.2 Å². The Morgan fingerprint density at radius 1 is 0.920 bits per heavy atom. The van der Waals surface area contributed by atoms with Crippen LogP contribution < -0.4 is 19.5 Å². The highest BCUT2D eigenvalue weighted by Gasteiger charge is 2.20. The van der Waals surface area contributed by atoms with Crippen LogP contribution in [0.15, 0.2) is 48.5 Å². The van der Waals surface area contributed by atoms with Gasteiger partial charge in [-0.15, -0.1) is 0 Å². The molecule has 0 radical (unpaired) electrons. The van der Waals surface area contributed by atoms with Crippen LogP contribution in [0.1, 0.15) is 31.9 Å². The first kappa shape index (κ1) is 18.6. The molecule has 0 spiro atoms. The van der Waals surface area contributed by atoms with Crippen molar-refractivity contribution in [1.29, 1.82) is 0 Å². The lowest BCUT2D eigenvalue weighted by Gasteiger charge is -2.21. The SMILES string of the molecule is CC[C@@H](Oc1ccc(OC)cc1)C(=O)N[C@H](C)c1ccc(OC)cc1. The summed E-state index contributed by atoms with van der Waals surface area (Å²) < 4.78 is 16.1. The number of amides is 1. The lowest BCUT2D eigenvalue weighted by molar-refractivity contribution is -0.128. The van der Waals surface area contributed by atoms with Gasteiger partial charge in [-0.05, 0) is 55.3 Å². The molecular weight excluding hydrogens is 318 g/mol. The van der Waals surface area contributed by atoms with E-state index >= 15 is 0 Å². The Hall–Kier alpha value is -2.69. The first-order chi connectivity index (χ1) is 12.1. The molecule has 1 N–H and O–H groups in total. The summed E-state index contributed by atoms with van der Waals surface area (Å²) in [5.41, 5.74) is 1.01. The average molecular weight is 343 g/mol. The van der Waals surface area contributed by atoms with Gasteiger partial charge in [0.15, 0.2) is 6.10 Å². The molecule has 0 aliphatic rings. The molecule has 0 unspecified atom stereocenters. The Morgan fingerprint density at radius 3 is 1.88 bits per heavy atom. The summed E-state index contributed by atoms with van der Waals surface area (Å²) in [6.07, 6.45) is 0.0294. The molecule has 0 saturated heterocycles. The van der Waals surface area contributed by atoms with E-state index in [1.807, 2.05) is 38.1 Å². The number of nitrogens with one attached hydrogen (secondary N) is 1. The van der Waals surface area contributed by atoms with E-state index in [2.05, 4.69) is 5.32 Å². The molecule has 0 aliphatic carbocycles. The molecule has 25 heavy (non-hydrogen) atoms. The molecule has 0 fully saturated rings. The van der Waals surface area contributed by atoms with Crippen LogP contribution >= 0.6 is 0 Å². The number of carbonyl (C=O) groups excluding carboxylic acids is 1. The molecule has 2 aromatic rings. The van der Waals surface area contributed by atoms with Crippen molar-refractivity contribution in [2.24, 2.45) is 0 Å². The summed E-state index contributed by atoms with van der Waals surface area (Å²) in [6, 6.07) is 14.7. The van der Waals surface area contributed by atoms with E-state index in [1.165, 1.54) is 0 Å². The Morgan fingerprint density at radius 2 is 1.40 bits per heavy atom. The largest absolute Gasteiger partial charge is 0.497 e. The maximum atomic E-state index is 12.5. The summed E-state index contributed by atoms with van der Waals surface area (Å²) in [7, 11) is 3.24. The van der Waals surface area contributed by atoms with Crippen molar-refractivity contribution >= 4 is 5.91 Å². The predicted molar refractivity (Wildman–Crippen MR) is 97.3 cm³/mol. The molecule has 5 heteroatoms. The van der Waals surface area contributed by atoms with Gasteiger partial charge in [0, 0.05) is 0 Å². The number of hydrogen-bond donors (Lipinski definition) is 1. The second-order valence-corrected chi connectivity index (χ2v) is 5.69. The number of carbonyl (C=O) groups is 1. The highest BCUT2D eigenvalue weighted by atomic mass is 16.5. The second-order valence-electron chi connectivity index (χ2n) is 5.69. The number of benzene rings is 2. The zero-order chi connectivity index (χ0) is 18.2. The van der Waals surface area contributed by atoms with Gasteiger partial charge >= 0.3 is 0 Å². The van der Waals surface area contributed by atoms with Crippen molar-refractivity contribution in [2.45, 2.75) is 32.4 Å². The molecule has 134 valence electrons. The van der Waals surface area contributed by atoms with E-state index in [0.29, 0.717) is 12.2 Å². The van der Waals surface area contributed by atoms with Crippen molar-refractivity contribution in [3.8, 4) is 17.2 Å². The van der Waals surface area contributed by atoms with Crippen LogP contribution in [0.4, 0.5) is 0 Å². The van der Waals surface area contributed by atoms with Crippen molar-refractivity contribution in [2.75, 3.05) is 14.2 Å². The van der Waals surface area contributed by atoms with Crippen LogP contribution in [0.25, 0.3) is 0 Å². The lowest BCUT2D eigenvalue weighted by atomic mass is 10.1. The van der Waals surface area contributed by atoms with Gasteiger partial charge in [-0.3, -0.25) is 4.79 Å². The Balaban J connectivity index is 1.97. The third-order valence-electron chi connectivity index (χ3n) is 3.98. The highest BCUT2D eigenvalue weighted by molar-refractivity contribution is 5.81. The van der Waals surface area contributed by atoms with Gasteiger partial charge in [-0.2, -0.15) is 0 Å². The quantitative estimate of drug-likeness (QED) is 0.793. The Bertz CT molecular complexity index is 667. The summed E-state index contributed by atoms with van der Waals surface area (Å²) in [5, 5.41) is 3.00. The molecule has 0 aromatic heterocycles. The Labute approximate surface area is 148 Å². The van der Waals surface area contributed by atoms with Crippen molar-refractivity contribution < 1.29 is 19.0 Å². The first-order valence-electron chi connectivity index (χ1n) is 8.32. The summed E-state index contributed by atoms with van der Waals surface area (Å²) in [5.74, 6) is 2.04. The van der Waals surface area contributed by atoms with Gasteiger partial charge in [0.25, 0.3) is 5.91 Å². The molecule has 2 atom stereocenters. The van der Waals surface area contributed by atoms with Crippen LogP contribution in [-0.2, 0) is 4.79 Å². The smallest absolute Gasteiger partial charge is 0.261 e. The third kappa shape index (κ3) is 5.14. The maximum Gasteiger partial charge on any atom is 0.261 e. The maximum absolute atomic E-state index is 12.5. The van der Waals surface area contributed by atoms with Crippen LogP contribution in [0, 0.1) is 0 Å². The van der Waals surface area contributed by atoms with E-state index < -0.39 is 6.10 Å². The monoisotopic (exact) mass is 343 g/mol.